The van der Waals surface area contributed by atoms with Crippen molar-refractivity contribution >= 4 is 19.7 Å². The van der Waals surface area contributed by atoms with Crippen molar-refractivity contribution < 1.29 is 37.3 Å². The van der Waals surface area contributed by atoms with Gasteiger partial charge in [-0.15, -0.1) is 0 Å². The standard InChI is InChI=1S/C75H149N2O7P/c1-7-10-13-16-19-22-25-28-30-32-34-36-37-38-39-41-43-45-47-50-53-56-59-62-65-68-75(79)84-73(66-63-60-57-54-51-48-27-24-21-18-15-12-9-3)72(71-83-85(80,81)82-70-69-77(4,5)6)76-74(78)67-64-61-58-55-52-49-46-44-42-40-35-33-31-29-26-23-20-17-14-11-8-2/h63,66,72-73H,7-62,64-65,67-71H2,1-6H3,(H-,76,78,80,81)/b66-63+. The topological polar surface area (TPSA) is 114 Å². The van der Waals surface area contributed by atoms with Crippen molar-refractivity contribution in [3.8, 4) is 0 Å². The fraction of sp³-hybridized carbons (Fsp3) is 0.947. The molecule has 3 atom stereocenters. The smallest absolute Gasteiger partial charge is 0.306 e. The zero-order valence-corrected chi connectivity index (χ0v) is 59.0. The van der Waals surface area contributed by atoms with E-state index < -0.39 is 20.0 Å². The Morgan fingerprint density at radius 3 is 0.965 bits per heavy atom. The molecule has 0 aromatic carbocycles. The molecule has 0 saturated carbocycles. The molecule has 0 saturated heterocycles. The normalized spacial score (nSPS) is 13.4. The number of nitrogens with one attached hydrogen (secondary N) is 1. The van der Waals surface area contributed by atoms with Gasteiger partial charge in [-0.05, 0) is 31.8 Å². The summed E-state index contributed by atoms with van der Waals surface area (Å²) < 4.78 is 30.5. The first-order valence-corrected chi connectivity index (χ1v) is 39.5. The number of unbranched alkanes of at least 4 members (excludes halogenated alkanes) is 55. The van der Waals surface area contributed by atoms with Crippen LogP contribution in [0.3, 0.4) is 0 Å². The highest BCUT2D eigenvalue weighted by atomic mass is 31.2. The molecule has 0 radical (unpaired) electrons. The van der Waals surface area contributed by atoms with Crippen molar-refractivity contribution in [3.05, 3.63) is 12.2 Å². The van der Waals surface area contributed by atoms with E-state index in [4.69, 9.17) is 13.8 Å². The van der Waals surface area contributed by atoms with Gasteiger partial charge >= 0.3 is 5.97 Å². The summed E-state index contributed by atoms with van der Waals surface area (Å²) in [6, 6.07) is -0.881. The number of rotatable bonds is 71. The van der Waals surface area contributed by atoms with E-state index in [1.807, 2.05) is 33.3 Å². The third-order valence-corrected chi connectivity index (χ3v) is 18.7. The van der Waals surface area contributed by atoms with Crippen LogP contribution in [0.25, 0.3) is 0 Å². The van der Waals surface area contributed by atoms with Gasteiger partial charge in [-0.3, -0.25) is 14.2 Å². The highest BCUT2D eigenvalue weighted by molar-refractivity contribution is 7.45. The number of phosphoric ester groups is 1. The largest absolute Gasteiger partial charge is 0.756 e. The maximum atomic E-state index is 13.6. The van der Waals surface area contributed by atoms with Crippen molar-refractivity contribution in [1.82, 2.24) is 5.32 Å². The van der Waals surface area contributed by atoms with Crippen LogP contribution in [0.5, 0.6) is 0 Å². The van der Waals surface area contributed by atoms with Crippen molar-refractivity contribution in [2.45, 2.75) is 418 Å². The number of carbonyl (C=O) groups is 2. The van der Waals surface area contributed by atoms with Crippen LogP contribution < -0.4 is 10.2 Å². The van der Waals surface area contributed by atoms with Gasteiger partial charge in [0.2, 0.25) is 5.91 Å². The fourth-order valence-electron chi connectivity index (χ4n) is 11.9. The maximum absolute atomic E-state index is 13.6. The Kier molecular flexibility index (Phi) is 64.7. The molecule has 0 spiro atoms. The second-order valence-electron chi connectivity index (χ2n) is 27.5. The predicted molar refractivity (Wildman–Crippen MR) is 367 cm³/mol. The summed E-state index contributed by atoms with van der Waals surface area (Å²) >= 11 is 0. The number of carbonyl (C=O) groups excluding carboxylic acids is 2. The van der Waals surface area contributed by atoms with Crippen LogP contribution in [0.2, 0.25) is 0 Å². The van der Waals surface area contributed by atoms with E-state index in [0.717, 1.165) is 57.8 Å². The lowest BCUT2D eigenvalue weighted by molar-refractivity contribution is -0.870. The number of hydrogen-bond donors (Lipinski definition) is 1. The van der Waals surface area contributed by atoms with Crippen molar-refractivity contribution in [3.63, 3.8) is 0 Å². The lowest BCUT2D eigenvalue weighted by Crippen LogP contribution is -2.47. The van der Waals surface area contributed by atoms with Crippen molar-refractivity contribution in [2.24, 2.45) is 0 Å². The second kappa shape index (κ2) is 65.7. The molecule has 85 heavy (non-hydrogen) atoms. The Morgan fingerprint density at radius 2 is 0.671 bits per heavy atom. The third-order valence-electron chi connectivity index (χ3n) is 17.7. The third kappa shape index (κ3) is 67.0. The minimum Gasteiger partial charge on any atom is -0.756 e. The molecule has 0 heterocycles. The minimum absolute atomic E-state index is 0.0162. The van der Waals surface area contributed by atoms with Crippen LogP contribution in [0.1, 0.15) is 406 Å². The van der Waals surface area contributed by atoms with E-state index in [0.29, 0.717) is 17.4 Å². The van der Waals surface area contributed by atoms with E-state index in [-0.39, 0.29) is 31.5 Å². The van der Waals surface area contributed by atoms with Crippen molar-refractivity contribution in [1.29, 1.82) is 0 Å². The molecular weight excluding hydrogens is 1070 g/mol. The number of ether oxygens (including phenoxy) is 1. The van der Waals surface area contributed by atoms with Crippen LogP contribution >= 0.6 is 7.82 Å². The Labute approximate surface area is 531 Å². The van der Waals surface area contributed by atoms with E-state index in [2.05, 4.69) is 26.1 Å². The van der Waals surface area contributed by atoms with Crippen LogP contribution in [0.4, 0.5) is 0 Å². The van der Waals surface area contributed by atoms with Crippen LogP contribution in [0, 0.1) is 0 Å². The van der Waals surface area contributed by atoms with Gasteiger partial charge in [0.25, 0.3) is 7.82 Å². The SMILES string of the molecule is CCCCCCCCCCCCC/C=C/C(OC(=O)CCCCCCCCCCCCCCCCCCCCCCCCCCC)C(COP(=O)([O-])OCC[N+](C)(C)C)NC(=O)CCCCCCCCCCCCCCCCCCCCCCC. The van der Waals surface area contributed by atoms with Gasteiger partial charge in [0.15, 0.2) is 0 Å². The lowest BCUT2D eigenvalue weighted by atomic mass is 10.0. The van der Waals surface area contributed by atoms with Gasteiger partial charge in [-0.1, -0.05) is 374 Å². The Balaban J connectivity index is 4.98. The zero-order chi connectivity index (χ0) is 62.1. The van der Waals surface area contributed by atoms with Gasteiger partial charge in [-0.2, -0.15) is 0 Å². The van der Waals surface area contributed by atoms with E-state index in [1.54, 1.807) is 0 Å². The molecule has 9 nitrogen and oxygen atoms in total. The first-order chi connectivity index (χ1) is 41.4. The van der Waals surface area contributed by atoms with Crippen LogP contribution in [-0.4, -0.2) is 69.4 Å². The van der Waals surface area contributed by atoms with Crippen molar-refractivity contribution in [2.75, 3.05) is 40.9 Å². The summed E-state index contributed by atoms with van der Waals surface area (Å²) in [7, 11) is 1.22. The highest BCUT2D eigenvalue weighted by Gasteiger charge is 2.27. The molecule has 0 aromatic rings. The average Bonchev–Trinajstić information content (AvgIpc) is 3.53. The summed E-state index contributed by atoms with van der Waals surface area (Å²) in [4.78, 5) is 40.3. The summed E-state index contributed by atoms with van der Waals surface area (Å²) in [5.74, 6) is -0.510. The number of nitrogens with zero attached hydrogens (tertiary/aromatic N) is 1. The molecule has 0 aromatic heterocycles. The molecular formula is C75H149N2O7P. The number of likely N-dealkylation sites (N-methyl/N-ethyl adjacent to an activating group) is 1. The number of quaternary nitrogens is 1. The molecule has 0 fully saturated rings. The first kappa shape index (κ1) is 83.8. The Hall–Kier alpha value is -1.25. The predicted octanol–water partition coefficient (Wildman–Crippen LogP) is 23.6. The van der Waals surface area contributed by atoms with Gasteiger partial charge in [0, 0.05) is 12.8 Å². The van der Waals surface area contributed by atoms with E-state index in [9.17, 15) is 19.0 Å². The van der Waals surface area contributed by atoms with Crippen LogP contribution in [-0.2, 0) is 27.9 Å². The molecule has 0 aliphatic carbocycles. The fourth-order valence-corrected chi connectivity index (χ4v) is 12.6. The number of hydrogen-bond acceptors (Lipinski definition) is 7. The molecule has 0 bridgehead atoms. The summed E-state index contributed by atoms with van der Waals surface area (Å²) in [6.45, 7) is 6.94. The Bertz CT molecular complexity index is 1450. The van der Waals surface area contributed by atoms with Gasteiger partial charge in [0.05, 0.1) is 33.8 Å². The molecule has 0 aliphatic rings. The molecule has 3 unspecified atom stereocenters. The molecule has 506 valence electrons. The lowest BCUT2D eigenvalue weighted by Gasteiger charge is -2.30. The molecule has 0 aliphatic heterocycles. The number of esters is 1. The van der Waals surface area contributed by atoms with E-state index in [1.165, 1.54) is 315 Å². The van der Waals surface area contributed by atoms with E-state index >= 15 is 0 Å². The average molecular weight is 1220 g/mol. The monoisotopic (exact) mass is 1220 g/mol. The molecule has 10 heteroatoms. The highest BCUT2D eigenvalue weighted by Crippen LogP contribution is 2.38. The molecule has 1 amide bonds. The summed E-state index contributed by atoms with van der Waals surface area (Å²) in [5, 5.41) is 3.06. The second-order valence-corrected chi connectivity index (χ2v) is 28.9. The number of allylic oxidation sites excluding steroid dienone is 1. The van der Waals surface area contributed by atoms with Gasteiger partial charge < -0.3 is 28.5 Å². The maximum Gasteiger partial charge on any atom is 0.306 e. The summed E-state index contributed by atoms with van der Waals surface area (Å²) in [6.07, 6.45) is 79.2. The van der Waals surface area contributed by atoms with Gasteiger partial charge in [-0.25, -0.2) is 0 Å². The molecule has 0 rings (SSSR count). The van der Waals surface area contributed by atoms with Gasteiger partial charge in [0.1, 0.15) is 19.3 Å². The quantitative estimate of drug-likeness (QED) is 0.0212. The first-order valence-electron chi connectivity index (χ1n) is 38.0. The number of phosphoric acid groups is 1. The summed E-state index contributed by atoms with van der Waals surface area (Å²) in [5.41, 5.74) is 0. The minimum atomic E-state index is -4.70. The zero-order valence-electron chi connectivity index (χ0n) is 58.1. The number of amides is 1. The Morgan fingerprint density at radius 1 is 0.400 bits per heavy atom. The van der Waals surface area contributed by atoms with Crippen LogP contribution in [0.15, 0.2) is 12.2 Å². The molecule has 1 N–H and O–H groups in total.